The van der Waals surface area contributed by atoms with E-state index < -0.39 is 0 Å². The second kappa shape index (κ2) is 7.03. The molecule has 0 amide bonds. The van der Waals surface area contributed by atoms with Crippen molar-refractivity contribution < 1.29 is 14.2 Å². The standard InChI is InChI=1S/C19H20FN3O2/c1-11(2)25-18-8-15-17(7-13(18)9-24)21-10-22-19(15)23-14-4-5-16(20)12(3)6-14/h4-8,10-11,24H,9H2,1-3H3,(H,21,22,23). The van der Waals surface area contributed by atoms with Gasteiger partial charge in [-0.05, 0) is 56.7 Å². The summed E-state index contributed by atoms with van der Waals surface area (Å²) in [5.41, 5.74) is 2.64. The van der Waals surface area contributed by atoms with Crippen molar-refractivity contribution >= 4 is 22.4 Å². The molecule has 0 fully saturated rings. The number of benzene rings is 2. The van der Waals surface area contributed by atoms with Crippen LogP contribution >= 0.6 is 0 Å². The third-order valence-corrected chi connectivity index (χ3v) is 3.77. The fraction of sp³-hybridized carbons (Fsp3) is 0.263. The van der Waals surface area contributed by atoms with E-state index in [4.69, 9.17) is 4.74 Å². The predicted molar refractivity (Wildman–Crippen MR) is 95.6 cm³/mol. The van der Waals surface area contributed by atoms with Gasteiger partial charge in [-0.25, -0.2) is 14.4 Å². The molecule has 0 aliphatic rings. The highest BCUT2D eigenvalue weighted by atomic mass is 19.1. The number of aliphatic hydroxyl groups excluding tert-OH is 1. The third-order valence-electron chi connectivity index (χ3n) is 3.77. The molecule has 25 heavy (non-hydrogen) atoms. The lowest BCUT2D eigenvalue weighted by Crippen LogP contribution is -2.08. The van der Waals surface area contributed by atoms with Crippen LogP contribution in [0.25, 0.3) is 10.9 Å². The molecule has 0 bridgehead atoms. The van der Waals surface area contributed by atoms with Crippen LogP contribution < -0.4 is 10.1 Å². The molecule has 0 atom stereocenters. The fourth-order valence-corrected chi connectivity index (χ4v) is 2.57. The topological polar surface area (TPSA) is 67.3 Å². The summed E-state index contributed by atoms with van der Waals surface area (Å²) in [6.45, 7) is 5.42. The number of aliphatic hydroxyl groups is 1. The number of aromatic nitrogens is 2. The Morgan fingerprint density at radius 1 is 1.20 bits per heavy atom. The largest absolute Gasteiger partial charge is 0.491 e. The van der Waals surface area contributed by atoms with E-state index in [-0.39, 0.29) is 18.5 Å². The minimum absolute atomic E-state index is 0.0245. The Kier molecular flexibility index (Phi) is 4.81. The Morgan fingerprint density at radius 2 is 2.00 bits per heavy atom. The molecular formula is C19H20FN3O2. The molecule has 3 rings (SSSR count). The molecule has 1 heterocycles. The molecule has 0 unspecified atom stereocenters. The van der Waals surface area contributed by atoms with Crippen molar-refractivity contribution in [3.05, 3.63) is 53.6 Å². The van der Waals surface area contributed by atoms with Gasteiger partial charge in [-0.15, -0.1) is 0 Å². The van der Waals surface area contributed by atoms with Gasteiger partial charge in [0.2, 0.25) is 0 Å². The number of anilines is 2. The number of halogens is 1. The number of hydrogen-bond acceptors (Lipinski definition) is 5. The van der Waals surface area contributed by atoms with E-state index in [0.717, 1.165) is 11.1 Å². The van der Waals surface area contributed by atoms with Gasteiger partial charge in [-0.2, -0.15) is 0 Å². The smallest absolute Gasteiger partial charge is 0.141 e. The van der Waals surface area contributed by atoms with E-state index in [2.05, 4.69) is 15.3 Å². The first-order chi connectivity index (χ1) is 12.0. The van der Waals surface area contributed by atoms with Gasteiger partial charge in [0.05, 0.1) is 18.2 Å². The molecule has 0 aliphatic carbocycles. The van der Waals surface area contributed by atoms with Crippen LogP contribution in [0.5, 0.6) is 5.75 Å². The first-order valence-corrected chi connectivity index (χ1v) is 8.06. The maximum absolute atomic E-state index is 13.5. The van der Waals surface area contributed by atoms with Crippen LogP contribution in [0.1, 0.15) is 25.0 Å². The van der Waals surface area contributed by atoms with Crippen LogP contribution in [0.3, 0.4) is 0 Å². The van der Waals surface area contributed by atoms with E-state index >= 15 is 0 Å². The monoisotopic (exact) mass is 341 g/mol. The molecule has 0 radical (unpaired) electrons. The second-order valence-corrected chi connectivity index (χ2v) is 6.11. The summed E-state index contributed by atoms with van der Waals surface area (Å²) in [4.78, 5) is 8.56. The Balaban J connectivity index is 2.06. The summed E-state index contributed by atoms with van der Waals surface area (Å²) >= 11 is 0. The molecule has 3 aromatic rings. The lowest BCUT2D eigenvalue weighted by molar-refractivity contribution is 0.226. The maximum Gasteiger partial charge on any atom is 0.141 e. The number of ether oxygens (including phenoxy) is 1. The number of nitrogens with zero attached hydrogens (tertiary/aromatic N) is 2. The van der Waals surface area contributed by atoms with Crippen molar-refractivity contribution in [1.82, 2.24) is 9.97 Å². The highest BCUT2D eigenvalue weighted by Crippen LogP contribution is 2.31. The van der Waals surface area contributed by atoms with Gasteiger partial charge in [0.15, 0.2) is 0 Å². The summed E-state index contributed by atoms with van der Waals surface area (Å²) < 4.78 is 19.2. The number of aryl methyl sites for hydroxylation is 1. The number of fused-ring (bicyclic) bond motifs is 1. The van der Waals surface area contributed by atoms with Crippen LogP contribution in [-0.4, -0.2) is 21.2 Å². The van der Waals surface area contributed by atoms with Crippen LogP contribution in [0.15, 0.2) is 36.7 Å². The highest BCUT2D eigenvalue weighted by Gasteiger charge is 2.12. The lowest BCUT2D eigenvalue weighted by atomic mass is 10.1. The molecule has 0 saturated heterocycles. The highest BCUT2D eigenvalue weighted by molar-refractivity contribution is 5.92. The average molecular weight is 341 g/mol. The first-order valence-electron chi connectivity index (χ1n) is 8.06. The van der Waals surface area contributed by atoms with E-state index in [1.54, 1.807) is 25.1 Å². The third kappa shape index (κ3) is 3.69. The SMILES string of the molecule is Cc1cc(Nc2ncnc3cc(CO)c(OC(C)C)cc23)ccc1F. The predicted octanol–water partition coefficient (Wildman–Crippen LogP) is 4.10. The molecule has 2 N–H and O–H groups in total. The van der Waals surface area contributed by atoms with Crippen molar-refractivity contribution in [2.75, 3.05) is 5.32 Å². The van der Waals surface area contributed by atoms with Gasteiger partial charge in [-0.3, -0.25) is 0 Å². The number of nitrogens with one attached hydrogen (secondary N) is 1. The Bertz CT molecular complexity index is 913. The van der Waals surface area contributed by atoms with Crippen molar-refractivity contribution in [2.45, 2.75) is 33.5 Å². The van der Waals surface area contributed by atoms with Gasteiger partial charge < -0.3 is 15.2 Å². The van der Waals surface area contributed by atoms with Gasteiger partial charge in [0.1, 0.15) is 23.7 Å². The molecule has 0 saturated carbocycles. The van der Waals surface area contributed by atoms with Crippen molar-refractivity contribution in [2.24, 2.45) is 0 Å². The van der Waals surface area contributed by atoms with Gasteiger partial charge >= 0.3 is 0 Å². The second-order valence-electron chi connectivity index (χ2n) is 6.11. The van der Waals surface area contributed by atoms with Gasteiger partial charge in [0.25, 0.3) is 0 Å². The molecule has 5 nitrogen and oxygen atoms in total. The zero-order valence-corrected chi connectivity index (χ0v) is 14.4. The maximum atomic E-state index is 13.5. The number of hydrogen-bond donors (Lipinski definition) is 2. The Labute approximate surface area is 145 Å². The normalized spacial score (nSPS) is 11.1. The summed E-state index contributed by atoms with van der Waals surface area (Å²) in [5.74, 6) is 0.936. The first kappa shape index (κ1) is 17.1. The van der Waals surface area contributed by atoms with Crippen LogP contribution in [0.4, 0.5) is 15.9 Å². The van der Waals surface area contributed by atoms with Crippen molar-refractivity contribution in [1.29, 1.82) is 0 Å². The zero-order valence-electron chi connectivity index (χ0n) is 14.4. The fourth-order valence-electron chi connectivity index (χ4n) is 2.57. The zero-order chi connectivity index (χ0) is 18.0. The Morgan fingerprint density at radius 3 is 2.68 bits per heavy atom. The summed E-state index contributed by atoms with van der Waals surface area (Å²) in [7, 11) is 0. The molecule has 0 spiro atoms. The van der Waals surface area contributed by atoms with Crippen molar-refractivity contribution in [3.63, 3.8) is 0 Å². The molecular weight excluding hydrogens is 321 g/mol. The van der Waals surface area contributed by atoms with E-state index in [1.807, 2.05) is 19.9 Å². The quantitative estimate of drug-likeness (QED) is 0.731. The minimum Gasteiger partial charge on any atom is -0.491 e. The van der Waals surface area contributed by atoms with E-state index in [1.165, 1.54) is 12.4 Å². The molecule has 0 aliphatic heterocycles. The van der Waals surface area contributed by atoms with E-state index in [9.17, 15) is 9.50 Å². The number of rotatable bonds is 5. The van der Waals surface area contributed by atoms with Crippen molar-refractivity contribution in [3.8, 4) is 5.75 Å². The summed E-state index contributed by atoms with van der Waals surface area (Å²) in [5, 5.41) is 13.5. The van der Waals surface area contributed by atoms with Crippen LogP contribution in [0.2, 0.25) is 0 Å². The molecule has 2 aromatic carbocycles. The van der Waals surface area contributed by atoms with Gasteiger partial charge in [0, 0.05) is 16.6 Å². The Hall–Kier alpha value is -2.73. The van der Waals surface area contributed by atoms with E-state index in [0.29, 0.717) is 28.2 Å². The summed E-state index contributed by atoms with van der Waals surface area (Å²) in [6, 6.07) is 8.40. The molecule has 1 aromatic heterocycles. The summed E-state index contributed by atoms with van der Waals surface area (Å²) in [6.07, 6.45) is 1.43. The average Bonchev–Trinajstić information content (AvgIpc) is 2.57. The van der Waals surface area contributed by atoms with Crippen LogP contribution in [-0.2, 0) is 6.61 Å². The minimum atomic E-state index is -0.252. The lowest BCUT2D eigenvalue weighted by Gasteiger charge is -2.15. The van der Waals surface area contributed by atoms with Gasteiger partial charge in [-0.1, -0.05) is 0 Å². The van der Waals surface area contributed by atoms with Crippen LogP contribution in [0, 0.1) is 12.7 Å². The molecule has 6 heteroatoms. The molecule has 130 valence electrons.